The number of benzene rings is 1. The summed E-state index contributed by atoms with van der Waals surface area (Å²) in [5.74, 6) is 0.137. The van der Waals surface area contributed by atoms with Gasteiger partial charge in [-0.15, -0.1) is 3.97 Å². The van der Waals surface area contributed by atoms with E-state index in [0.29, 0.717) is 5.82 Å². The summed E-state index contributed by atoms with van der Waals surface area (Å²) in [5.41, 5.74) is 1.51. The van der Waals surface area contributed by atoms with Crippen LogP contribution >= 0.6 is 0 Å². The van der Waals surface area contributed by atoms with Crippen LogP contribution in [0.5, 0.6) is 0 Å². The topological polar surface area (TPSA) is 67.2 Å². The number of carbonyl (C=O) groups excluding carboxylic acids is 1. The Kier molecular flexibility index (Phi) is 4.06. The molecule has 0 bridgehead atoms. The van der Waals surface area contributed by atoms with Gasteiger partial charge < -0.3 is 9.29 Å². The number of nitrogens with zero attached hydrogens (tertiary/aromatic N) is 2. The van der Waals surface area contributed by atoms with Crippen molar-refractivity contribution in [1.82, 2.24) is 8.96 Å². The molecule has 0 spiro atoms. The molecule has 0 N–H and O–H groups in total. The monoisotopic (exact) mass is 294 g/mol. The number of fused-ring (bicyclic) bond motifs is 1. The maximum Gasteiger partial charge on any atom is 0.364 e. The summed E-state index contributed by atoms with van der Waals surface area (Å²) < 4.78 is 18.3. The van der Waals surface area contributed by atoms with E-state index in [0.717, 1.165) is 11.0 Å². The second-order valence-electron chi connectivity index (χ2n) is 4.92. The van der Waals surface area contributed by atoms with Gasteiger partial charge in [-0.25, -0.2) is 9.78 Å². The van der Waals surface area contributed by atoms with Crippen molar-refractivity contribution in [3.05, 3.63) is 30.1 Å². The molecule has 0 amide bonds. The molecule has 0 saturated heterocycles. The van der Waals surface area contributed by atoms with Gasteiger partial charge in [-0.05, 0) is 39.8 Å². The van der Waals surface area contributed by atoms with Crippen LogP contribution in [0.15, 0.2) is 24.3 Å². The van der Waals surface area contributed by atoms with Crippen LogP contribution in [-0.2, 0) is 20.9 Å². The summed E-state index contributed by atoms with van der Waals surface area (Å²) in [6.45, 7) is 7.02. The lowest BCUT2D eigenvalue weighted by Gasteiger charge is -2.26. The molecule has 1 heterocycles. The molecule has 0 aliphatic heterocycles. The van der Waals surface area contributed by atoms with Crippen molar-refractivity contribution in [3.8, 4) is 0 Å². The Morgan fingerprint density at radius 1 is 1.45 bits per heavy atom. The van der Waals surface area contributed by atoms with E-state index in [9.17, 15) is 9.35 Å². The highest BCUT2D eigenvalue weighted by Crippen LogP contribution is 2.26. The highest BCUT2D eigenvalue weighted by atomic mass is 32.2. The normalized spacial score (nSPS) is 13.4. The fraction of sp³-hybridized carbons (Fsp3) is 0.429. The number of hydrogen-bond donors (Lipinski definition) is 0. The minimum atomic E-state index is -1.60. The van der Waals surface area contributed by atoms with Gasteiger partial charge in [-0.2, -0.15) is 0 Å². The van der Waals surface area contributed by atoms with Gasteiger partial charge in [-0.1, -0.05) is 12.1 Å². The summed E-state index contributed by atoms with van der Waals surface area (Å²) in [5, 5.41) is 0. The fourth-order valence-electron chi connectivity index (χ4n) is 1.94. The van der Waals surface area contributed by atoms with Gasteiger partial charge in [0.15, 0.2) is 5.82 Å². The lowest BCUT2D eigenvalue weighted by molar-refractivity contribution is -0.145. The maximum atomic E-state index is 12.8. The molecule has 0 radical (unpaired) electrons. The number of aromatic nitrogens is 2. The second kappa shape index (κ2) is 5.46. The van der Waals surface area contributed by atoms with Crippen LogP contribution < -0.4 is 0 Å². The van der Waals surface area contributed by atoms with Gasteiger partial charge in [0.1, 0.15) is 5.52 Å². The molecule has 6 heteroatoms. The average molecular weight is 294 g/mol. The number of carbonyl (C=O) groups is 1. The molecule has 20 heavy (non-hydrogen) atoms. The molecule has 2 rings (SSSR count). The minimum absolute atomic E-state index is 0.267. The van der Waals surface area contributed by atoms with E-state index in [2.05, 4.69) is 4.98 Å². The summed E-state index contributed by atoms with van der Waals surface area (Å²) in [7, 11) is 0. The van der Waals surface area contributed by atoms with E-state index < -0.39 is 22.1 Å². The van der Waals surface area contributed by atoms with Crippen LogP contribution in [0.2, 0.25) is 0 Å². The van der Waals surface area contributed by atoms with E-state index in [1.807, 2.05) is 24.3 Å². The maximum absolute atomic E-state index is 12.8. The molecule has 1 unspecified atom stereocenters. The van der Waals surface area contributed by atoms with Crippen molar-refractivity contribution in [2.75, 3.05) is 6.61 Å². The van der Waals surface area contributed by atoms with E-state index in [-0.39, 0.29) is 6.61 Å². The van der Waals surface area contributed by atoms with E-state index >= 15 is 0 Å². The minimum Gasteiger partial charge on any atom is -0.592 e. The number of esters is 1. The molecular weight excluding hydrogens is 276 g/mol. The molecule has 108 valence electrons. The van der Waals surface area contributed by atoms with Crippen LogP contribution in [0.1, 0.15) is 26.6 Å². The molecule has 0 fully saturated rings. The van der Waals surface area contributed by atoms with Crippen molar-refractivity contribution in [2.45, 2.75) is 32.4 Å². The van der Waals surface area contributed by atoms with Crippen molar-refractivity contribution in [3.63, 3.8) is 0 Å². The summed E-state index contributed by atoms with van der Waals surface area (Å²) in [6.07, 6.45) is 0. The molecular formula is C14H18N2O3S. The lowest BCUT2D eigenvalue weighted by atomic mass is 10.2. The first-order valence-electron chi connectivity index (χ1n) is 6.43. The zero-order valence-electron chi connectivity index (χ0n) is 12.0. The molecule has 0 aliphatic carbocycles. The average Bonchev–Trinajstić information content (AvgIpc) is 2.73. The Morgan fingerprint density at radius 2 is 2.10 bits per heavy atom. The number of para-hydroxylation sites is 2. The Balaban J connectivity index is 2.48. The quantitative estimate of drug-likeness (QED) is 0.640. The van der Waals surface area contributed by atoms with Crippen LogP contribution in [0.3, 0.4) is 0 Å². The van der Waals surface area contributed by atoms with Gasteiger partial charge in [0, 0.05) is 0 Å². The number of rotatable bonds is 4. The van der Waals surface area contributed by atoms with Crippen LogP contribution in [0.25, 0.3) is 11.0 Å². The molecule has 0 aliphatic rings. The van der Waals surface area contributed by atoms with Gasteiger partial charge in [-0.3, -0.25) is 0 Å². The predicted octanol–water partition coefficient (Wildman–Crippen LogP) is 2.20. The molecule has 1 aromatic carbocycles. The van der Waals surface area contributed by atoms with Crippen LogP contribution in [0.4, 0.5) is 0 Å². The van der Waals surface area contributed by atoms with Crippen molar-refractivity contribution in [1.29, 1.82) is 0 Å². The van der Waals surface area contributed by atoms with Crippen LogP contribution in [0, 0.1) is 6.92 Å². The molecule has 5 nitrogen and oxygen atoms in total. The van der Waals surface area contributed by atoms with E-state index in [1.54, 1.807) is 31.7 Å². The van der Waals surface area contributed by atoms with E-state index in [4.69, 9.17) is 4.74 Å². The highest BCUT2D eigenvalue weighted by Gasteiger charge is 2.45. The molecule has 2 aromatic rings. The number of imidazole rings is 1. The van der Waals surface area contributed by atoms with Gasteiger partial charge in [0.2, 0.25) is 4.75 Å². The molecule has 1 aromatic heterocycles. The van der Waals surface area contributed by atoms with Crippen molar-refractivity contribution >= 4 is 28.4 Å². The Bertz CT molecular complexity index is 636. The molecule has 0 saturated carbocycles. The third kappa shape index (κ3) is 2.41. The lowest BCUT2D eigenvalue weighted by Crippen LogP contribution is -2.45. The van der Waals surface area contributed by atoms with Crippen LogP contribution in [-0.4, -0.2) is 30.8 Å². The summed E-state index contributed by atoms with van der Waals surface area (Å²) in [6, 6.07) is 7.43. The van der Waals surface area contributed by atoms with E-state index in [1.165, 1.54) is 0 Å². The largest absolute Gasteiger partial charge is 0.592 e. The first-order chi connectivity index (χ1) is 9.39. The Hall–Kier alpha value is -1.53. The summed E-state index contributed by atoms with van der Waals surface area (Å²) >= 11 is -1.60. The third-order valence-corrected chi connectivity index (χ3v) is 4.88. The summed E-state index contributed by atoms with van der Waals surface area (Å²) in [4.78, 5) is 16.4. The van der Waals surface area contributed by atoms with Crippen molar-refractivity contribution in [2.24, 2.45) is 0 Å². The fourth-order valence-corrected chi connectivity index (χ4v) is 3.21. The number of ether oxygens (including phenoxy) is 1. The predicted molar refractivity (Wildman–Crippen MR) is 78.7 cm³/mol. The standard InChI is InChI=1S/C14H18N2O3S/c1-5-19-13(17)14(3,4)20(18)16-10(2)15-11-8-6-7-9-12(11)16/h6-9H,5H2,1-4H3. The number of hydrogen-bond acceptors (Lipinski definition) is 4. The van der Waals surface area contributed by atoms with Crippen molar-refractivity contribution < 1.29 is 14.1 Å². The third-order valence-electron chi connectivity index (χ3n) is 3.05. The first-order valence-corrected chi connectivity index (χ1v) is 7.54. The van der Waals surface area contributed by atoms with Gasteiger partial charge in [0.25, 0.3) is 0 Å². The zero-order chi connectivity index (χ0) is 14.9. The highest BCUT2D eigenvalue weighted by molar-refractivity contribution is 7.92. The zero-order valence-corrected chi connectivity index (χ0v) is 12.9. The van der Waals surface area contributed by atoms with Gasteiger partial charge >= 0.3 is 5.97 Å². The molecule has 1 atom stereocenters. The second-order valence-corrected chi connectivity index (χ2v) is 6.81. The Morgan fingerprint density at radius 3 is 2.75 bits per heavy atom. The van der Waals surface area contributed by atoms with Gasteiger partial charge in [0.05, 0.1) is 23.5 Å². The SMILES string of the molecule is CCOC(=O)C(C)(C)[S+]([O-])n1c(C)nc2ccccc21. The smallest absolute Gasteiger partial charge is 0.364 e. The Labute approximate surface area is 121 Å². The number of aryl methyl sites for hydroxylation is 1. The first kappa shape index (κ1) is 14.9.